The Morgan fingerprint density at radius 2 is 1.76 bits per heavy atom. The van der Waals surface area contributed by atoms with Gasteiger partial charge in [-0.15, -0.1) is 0 Å². The number of rotatable bonds is 5. The van der Waals surface area contributed by atoms with E-state index in [1.165, 1.54) is 19.2 Å². The number of alkyl halides is 3. The molecule has 2 aliphatic rings. The summed E-state index contributed by atoms with van der Waals surface area (Å²) in [5.41, 5.74) is 5.09. The van der Waals surface area contributed by atoms with Crippen molar-refractivity contribution in [2.24, 2.45) is 11.1 Å². The van der Waals surface area contributed by atoms with Crippen LogP contribution in [0.5, 0.6) is 0 Å². The molecule has 2 heterocycles. The number of hydrogen-bond acceptors (Lipinski definition) is 6. The largest absolute Gasteiger partial charge is 0.478 e. The monoisotopic (exact) mass is 581 g/mol. The molecule has 230 valence electrons. The zero-order valence-corrected chi connectivity index (χ0v) is 25.4. The SMILES string of the molecule is CC.CN.Cc1ccc(NC(C)/C2=C/C(C(F)(F)F)=C\NC(=O)/C=C(/N3CCC(C)(C)CC3)NC2C)c(C(=O)O)c1. The van der Waals surface area contributed by atoms with Crippen LogP contribution >= 0.6 is 0 Å². The number of nitrogens with two attached hydrogens (primary N) is 1. The quantitative estimate of drug-likeness (QED) is 0.310. The summed E-state index contributed by atoms with van der Waals surface area (Å²) in [7, 11) is 1.50. The molecule has 8 nitrogen and oxygen atoms in total. The average Bonchev–Trinajstić information content (AvgIpc) is 2.90. The van der Waals surface area contributed by atoms with Gasteiger partial charge in [0.2, 0.25) is 0 Å². The van der Waals surface area contributed by atoms with Crippen LogP contribution in [0.3, 0.4) is 0 Å². The van der Waals surface area contributed by atoms with Crippen LogP contribution in [0, 0.1) is 12.3 Å². The van der Waals surface area contributed by atoms with Gasteiger partial charge in [0.05, 0.1) is 11.1 Å². The highest BCUT2D eigenvalue weighted by Gasteiger charge is 2.35. The van der Waals surface area contributed by atoms with E-state index in [1.54, 1.807) is 32.9 Å². The third-order valence-corrected chi connectivity index (χ3v) is 6.89. The van der Waals surface area contributed by atoms with Crippen LogP contribution < -0.4 is 21.7 Å². The second-order valence-electron chi connectivity index (χ2n) is 10.5. The first-order chi connectivity index (χ1) is 19.2. The second-order valence-corrected chi connectivity index (χ2v) is 10.5. The highest BCUT2D eigenvalue weighted by molar-refractivity contribution is 5.94. The van der Waals surface area contributed by atoms with Crippen molar-refractivity contribution in [1.82, 2.24) is 15.5 Å². The molecule has 3 rings (SSSR count). The normalized spacial score (nSPS) is 23.5. The van der Waals surface area contributed by atoms with Crippen molar-refractivity contribution < 1.29 is 27.9 Å². The van der Waals surface area contributed by atoms with Gasteiger partial charge in [0.25, 0.3) is 5.91 Å². The summed E-state index contributed by atoms with van der Waals surface area (Å²) < 4.78 is 41.6. The van der Waals surface area contributed by atoms with Gasteiger partial charge in [-0.2, -0.15) is 13.2 Å². The predicted molar refractivity (Wildman–Crippen MR) is 158 cm³/mol. The number of hydrogen-bond donors (Lipinski definition) is 5. The lowest BCUT2D eigenvalue weighted by Crippen LogP contribution is -2.45. The summed E-state index contributed by atoms with van der Waals surface area (Å²) in [5.74, 6) is -1.26. The minimum atomic E-state index is -4.71. The lowest BCUT2D eigenvalue weighted by Gasteiger charge is -2.40. The third kappa shape index (κ3) is 10.5. The van der Waals surface area contributed by atoms with Gasteiger partial charge in [0.15, 0.2) is 0 Å². The molecule has 1 saturated heterocycles. The third-order valence-electron chi connectivity index (χ3n) is 6.89. The van der Waals surface area contributed by atoms with Crippen LogP contribution in [-0.4, -0.2) is 60.3 Å². The number of carboxylic acids is 1. The first kappa shape index (κ1) is 35.6. The van der Waals surface area contributed by atoms with Gasteiger partial charge in [-0.3, -0.25) is 4.79 Å². The number of carbonyl (C=O) groups is 2. The van der Waals surface area contributed by atoms with E-state index in [1.807, 2.05) is 18.7 Å². The Morgan fingerprint density at radius 1 is 1.17 bits per heavy atom. The highest BCUT2D eigenvalue weighted by atomic mass is 19.4. The van der Waals surface area contributed by atoms with Gasteiger partial charge in [0.1, 0.15) is 5.82 Å². The Labute approximate surface area is 241 Å². The van der Waals surface area contributed by atoms with Crippen molar-refractivity contribution in [3.05, 3.63) is 64.6 Å². The van der Waals surface area contributed by atoms with E-state index in [2.05, 4.69) is 35.5 Å². The smallest absolute Gasteiger partial charge is 0.417 e. The summed E-state index contributed by atoms with van der Waals surface area (Å²) in [6.45, 7) is 14.9. The Balaban J connectivity index is 0.00000201. The number of anilines is 1. The maximum atomic E-state index is 13.9. The number of nitrogens with zero attached hydrogens (tertiary/aromatic N) is 1. The molecular formula is C30H46F3N5O3. The Hall–Kier alpha value is -3.47. The number of nitrogens with one attached hydrogen (secondary N) is 3. The Bertz CT molecular complexity index is 1130. The number of carboxylic acid groups (broad SMARTS) is 1. The molecule has 1 fully saturated rings. The van der Waals surface area contributed by atoms with Gasteiger partial charge in [-0.25, -0.2) is 4.79 Å². The predicted octanol–water partition coefficient (Wildman–Crippen LogP) is 5.54. The van der Waals surface area contributed by atoms with Crippen LogP contribution in [0.4, 0.5) is 18.9 Å². The molecule has 0 aliphatic carbocycles. The summed E-state index contributed by atoms with van der Waals surface area (Å²) in [4.78, 5) is 26.3. The molecule has 1 aromatic carbocycles. The number of piperidine rings is 1. The molecule has 1 amide bonds. The minimum absolute atomic E-state index is 0.0308. The van der Waals surface area contributed by atoms with Crippen LogP contribution in [-0.2, 0) is 4.79 Å². The molecular weight excluding hydrogens is 535 g/mol. The Morgan fingerprint density at radius 3 is 2.29 bits per heavy atom. The van der Waals surface area contributed by atoms with E-state index in [9.17, 15) is 27.9 Å². The molecule has 2 unspecified atom stereocenters. The van der Waals surface area contributed by atoms with E-state index in [4.69, 9.17) is 0 Å². The molecule has 0 saturated carbocycles. The van der Waals surface area contributed by atoms with Crippen molar-refractivity contribution in [3.8, 4) is 0 Å². The van der Waals surface area contributed by atoms with Crippen molar-refractivity contribution in [2.45, 2.75) is 79.6 Å². The van der Waals surface area contributed by atoms with Crippen LogP contribution in [0.1, 0.15) is 70.3 Å². The summed E-state index contributed by atoms with van der Waals surface area (Å²) in [6.07, 6.45) is 0.0844. The number of aryl methyl sites for hydroxylation is 1. The molecule has 0 radical (unpaired) electrons. The first-order valence-electron chi connectivity index (χ1n) is 13.9. The zero-order chi connectivity index (χ0) is 31.5. The van der Waals surface area contributed by atoms with Crippen LogP contribution in [0.15, 0.2) is 53.5 Å². The van der Waals surface area contributed by atoms with Crippen molar-refractivity contribution in [2.75, 3.05) is 25.5 Å². The average molecular weight is 582 g/mol. The van der Waals surface area contributed by atoms with Gasteiger partial charge >= 0.3 is 12.1 Å². The molecule has 6 N–H and O–H groups in total. The molecule has 2 atom stereocenters. The van der Waals surface area contributed by atoms with E-state index >= 15 is 0 Å². The van der Waals surface area contributed by atoms with Gasteiger partial charge in [-0.05, 0) is 69.9 Å². The Kier molecular flexibility index (Phi) is 13.4. The summed E-state index contributed by atoms with van der Waals surface area (Å²) >= 11 is 0. The summed E-state index contributed by atoms with van der Waals surface area (Å²) in [6, 6.07) is 3.57. The topological polar surface area (TPSA) is 120 Å². The standard InChI is InChI=1S/C27H35F3N4O3.C2H6.CH5N/c1-16-6-7-22(21(12-16)25(36)37)32-17(2)20-13-19(27(28,29)30)15-31-24(35)14-23(33-18(20)3)34-10-8-26(4,5)9-11-34;2*1-2/h6-7,12-15,17-18,32-33H,8-11H2,1-5H3,(H,31,35)(H,36,37);1-2H3;2H2,1H3/b19-15+,20-13-,23-14+;;. The number of benzene rings is 1. The number of amides is 1. The van der Waals surface area contributed by atoms with Crippen molar-refractivity contribution in [1.29, 1.82) is 0 Å². The van der Waals surface area contributed by atoms with Gasteiger partial charge in [-0.1, -0.05) is 39.3 Å². The number of halogens is 3. The molecule has 2 aliphatic heterocycles. The maximum Gasteiger partial charge on any atom is 0.417 e. The lowest BCUT2D eigenvalue weighted by molar-refractivity contribution is -0.115. The summed E-state index contributed by atoms with van der Waals surface area (Å²) in [5, 5.41) is 18.2. The lowest BCUT2D eigenvalue weighted by atomic mass is 9.82. The maximum absolute atomic E-state index is 13.9. The molecule has 0 aromatic heterocycles. The fourth-order valence-electron chi connectivity index (χ4n) is 4.48. The second kappa shape index (κ2) is 15.5. The van der Waals surface area contributed by atoms with E-state index in [0.29, 0.717) is 36.4 Å². The number of allylic oxidation sites excluding steroid dienone is 2. The fourth-order valence-corrected chi connectivity index (χ4v) is 4.48. The molecule has 0 bridgehead atoms. The van der Waals surface area contributed by atoms with Crippen molar-refractivity contribution in [3.63, 3.8) is 0 Å². The van der Waals surface area contributed by atoms with Gasteiger partial charge in [0, 0.05) is 43.1 Å². The number of likely N-dealkylation sites (tertiary alicyclic amines) is 1. The molecule has 11 heteroatoms. The zero-order valence-electron chi connectivity index (χ0n) is 25.4. The van der Waals surface area contributed by atoms with Crippen LogP contribution in [0.2, 0.25) is 0 Å². The van der Waals surface area contributed by atoms with E-state index in [0.717, 1.165) is 24.5 Å². The minimum Gasteiger partial charge on any atom is -0.478 e. The highest BCUT2D eigenvalue weighted by Crippen LogP contribution is 2.32. The van der Waals surface area contributed by atoms with Crippen molar-refractivity contribution >= 4 is 17.6 Å². The molecule has 41 heavy (non-hydrogen) atoms. The van der Waals surface area contributed by atoms with E-state index < -0.39 is 35.7 Å². The van der Waals surface area contributed by atoms with Crippen LogP contribution in [0.25, 0.3) is 0 Å². The first-order valence-corrected chi connectivity index (χ1v) is 13.9. The molecule has 0 spiro atoms. The number of aromatic carboxylic acids is 1. The number of carbonyl (C=O) groups excluding carboxylic acids is 1. The van der Waals surface area contributed by atoms with E-state index in [-0.39, 0.29) is 11.0 Å². The molecule has 1 aromatic rings. The fraction of sp³-hybridized carbons (Fsp3) is 0.533. The van der Waals surface area contributed by atoms with Gasteiger partial charge < -0.3 is 31.7 Å².